The number of hydrogen-bond donors (Lipinski definition) is 6. The summed E-state index contributed by atoms with van der Waals surface area (Å²) in [6, 6.07) is -3.25. The molecule has 0 aromatic carbocycles. The van der Waals surface area contributed by atoms with E-state index in [1.54, 1.807) is 0 Å². The van der Waals surface area contributed by atoms with Gasteiger partial charge in [0, 0.05) is 19.4 Å². The second-order valence-electron chi connectivity index (χ2n) is 11.0. The van der Waals surface area contributed by atoms with Crippen molar-refractivity contribution in [2.75, 3.05) is 32.9 Å². The third-order valence-corrected chi connectivity index (χ3v) is 7.19. The van der Waals surface area contributed by atoms with Gasteiger partial charge >= 0.3 is 17.9 Å². The minimum Gasteiger partial charge on any atom is -0.481 e. The van der Waals surface area contributed by atoms with Crippen molar-refractivity contribution < 1.29 is 53.6 Å². The maximum absolute atomic E-state index is 12.8. The Morgan fingerprint density at radius 3 is 1.71 bits per heavy atom. The number of carboxylic acid groups (broad SMARTS) is 3. The average molecular weight is 646 g/mol. The van der Waals surface area contributed by atoms with Crippen molar-refractivity contribution in [3.05, 3.63) is 0 Å². The summed E-state index contributed by atoms with van der Waals surface area (Å²) in [7, 11) is 0. The van der Waals surface area contributed by atoms with E-state index in [2.05, 4.69) is 10.6 Å². The fourth-order valence-electron chi connectivity index (χ4n) is 4.65. The zero-order valence-corrected chi connectivity index (χ0v) is 26.6. The Hall–Kier alpha value is -2.94. The molecule has 0 rings (SSSR count). The van der Waals surface area contributed by atoms with E-state index >= 15 is 0 Å². The first-order valence-electron chi connectivity index (χ1n) is 16.2. The molecule has 2 atom stereocenters. The molecule has 0 heterocycles. The number of ether oxygens (including phenoxy) is 2. The van der Waals surface area contributed by atoms with Crippen LogP contribution in [0.3, 0.4) is 0 Å². The van der Waals surface area contributed by atoms with Crippen LogP contribution in [0.15, 0.2) is 0 Å². The zero-order chi connectivity index (χ0) is 33.7. The maximum atomic E-state index is 12.8. The Bertz CT molecular complexity index is 843. The van der Waals surface area contributed by atoms with E-state index in [0.717, 1.165) is 44.9 Å². The third kappa shape index (κ3) is 24.0. The monoisotopic (exact) mass is 645 g/mol. The molecule has 14 heteroatoms. The van der Waals surface area contributed by atoms with Gasteiger partial charge in [-0.05, 0) is 32.2 Å². The quantitative estimate of drug-likeness (QED) is 0.0342. The Morgan fingerprint density at radius 1 is 0.689 bits per heavy atom. The fourth-order valence-corrected chi connectivity index (χ4v) is 4.65. The van der Waals surface area contributed by atoms with Crippen molar-refractivity contribution in [1.29, 1.82) is 0 Å². The largest absolute Gasteiger partial charge is 0.481 e. The molecule has 0 aromatic heterocycles. The lowest BCUT2D eigenvalue weighted by molar-refractivity contribution is -0.152. The van der Waals surface area contributed by atoms with Crippen LogP contribution in [0, 0.1) is 0 Å². The highest BCUT2D eigenvalue weighted by Gasteiger charge is 2.34. The van der Waals surface area contributed by atoms with Crippen LogP contribution < -0.4 is 16.4 Å². The van der Waals surface area contributed by atoms with Gasteiger partial charge in [-0.25, -0.2) is 9.59 Å². The van der Waals surface area contributed by atoms with E-state index in [-0.39, 0.29) is 44.9 Å². The number of unbranched alkanes of at least 4 members (excludes halogenated alkanes) is 12. The molecule has 0 fully saturated rings. The number of carbonyl (C=O) groups is 6. The topological polar surface area (TPSA) is 232 Å². The van der Waals surface area contributed by atoms with Crippen molar-refractivity contribution in [2.45, 2.75) is 127 Å². The third-order valence-electron chi connectivity index (χ3n) is 7.19. The molecule has 0 bridgehead atoms. The maximum Gasteiger partial charge on any atom is 0.332 e. The van der Waals surface area contributed by atoms with Gasteiger partial charge in [0.15, 0.2) is 18.2 Å². The molecule has 0 aliphatic heterocycles. The summed E-state index contributed by atoms with van der Waals surface area (Å²) in [5.41, 5.74) is 5.46. The number of ketones is 1. The SMILES string of the molecule is NCCCC[C@H](NC(C(=O)O)C(=O)O)C(=O)C(C=O)OCCOCCNC(=O)CCCCCCCCCCCCCCC(=O)O. The highest BCUT2D eigenvalue weighted by molar-refractivity contribution is 6.02. The van der Waals surface area contributed by atoms with Crippen LogP contribution in [-0.4, -0.2) is 102 Å². The number of carboxylic acids is 3. The number of rotatable bonds is 33. The zero-order valence-electron chi connectivity index (χ0n) is 26.6. The van der Waals surface area contributed by atoms with Crippen molar-refractivity contribution in [3.8, 4) is 0 Å². The summed E-state index contributed by atoms with van der Waals surface area (Å²) in [6.45, 7) is 0.760. The summed E-state index contributed by atoms with van der Waals surface area (Å²) < 4.78 is 10.7. The molecule has 1 amide bonds. The lowest BCUT2D eigenvalue weighted by atomic mass is 10.0. The van der Waals surface area contributed by atoms with Crippen LogP contribution in [0.1, 0.15) is 109 Å². The van der Waals surface area contributed by atoms with Gasteiger partial charge in [0.2, 0.25) is 11.9 Å². The second-order valence-corrected chi connectivity index (χ2v) is 11.0. The van der Waals surface area contributed by atoms with Gasteiger partial charge in [-0.3, -0.25) is 24.5 Å². The predicted molar refractivity (Wildman–Crippen MR) is 166 cm³/mol. The first-order valence-corrected chi connectivity index (χ1v) is 16.2. The number of amides is 1. The molecule has 45 heavy (non-hydrogen) atoms. The predicted octanol–water partition coefficient (Wildman–Crippen LogP) is 2.44. The molecule has 260 valence electrons. The Balaban J connectivity index is 3.97. The van der Waals surface area contributed by atoms with E-state index in [0.29, 0.717) is 32.4 Å². The number of nitrogens with two attached hydrogens (primary N) is 1. The van der Waals surface area contributed by atoms with Crippen LogP contribution in [-0.2, 0) is 38.2 Å². The Morgan fingerprint density at radius 2 is 1.22 bits per heavy atom. The molecule has 0 saturated heterocycles. The molecule has 7 N–H and O–H groups in total. The molecule has 0 aliphatic rings. The van der Waals surface area contributed by atoms with E-state index in [1.807, 2.05) is 0 Å². The molecule has 0 aromatic rings. The average Bonchev–Trinajstić information content (AvgIpc) is 2.99. The van der Waals surface area contributed by atoms with Crippen LogP contribution in [0.2, 0.25) is 0 Å². The first-order chi connectivity index (χ1) is 21.6. The standard InChI is InChI=1S/C31H55N3O11/c32-18-14-13-15-24(34-28(30(40)41)31(42)43)29(39)25(23-35)45-22-21-44-20-19-33-26(36)16-11-9-7-5-3-1-2-4-6-8-10-12-17-27(37)38/h23-25,28,34H,1-22,32H2,(H,33,36)(H,37,38)(H,40,41)(H,42,43)/t24-,25?/m0/s1. The second kappa shape index (κ2) is 28.5. The summed E-state index contributed by atoms with van der Waals surface area (Å²) in [4.78, 5) is 69.3. The Labute approximate surface area is 266 Å². The summed E-state index contributed by atoms with van der Waals surface area (Å²) >= 11 is 0. The molecule has 14 nitrogen and oxygen atoms in total. The van der Waals surface area contributed by atoms with Crippen LogP contribution >= 0.6 is 0 Å². The fraction of sp³-hybridized carbons (Fsp3) is 0.806. The first kappa shape index (κ1) is 42.1. The van der Waals surface area contributed by atoms with Crippen molar-refractivity contribution >= 4 is 35.9 Å². The normalized spacial score (nSPS) is 12.5. The van der Waals surface area contributed by atoms with Gasteiger partial charge in [0.25, 0.3) is 0 Å². The van der Waals surface area contributed by atoms with Gasteiger partial charge in [-0.2, -0.15) is 0 Å². The summed E-state index contributed by atoms with van der Waals surface area (Å²) in [6.07, 6.45) is 13.4. The van der Waals surface area contributed by atoms with E-state index in [9.17, 15) is 28.8 Å². The molecule has 0 saturated carbocycles. The summed E-state index contributed by atoms with van der Waals surface area (Å²) in [5, 5.41) is 31.9. The molecule has 0 radical (unpaired) electrons. The molecule has 1 unspecified atom stereocenters. The number of carbonyl (C=O) groups excluding carboxylic acids is 3. The molecular weight excluding hydrogens is 590 g/mol. The Kier molecular flexibility index (Phi) is 26.7. The lowest BCUT2D eigenvalue weighted by Gasteiger charge is -2.23. The molecule has 0 aliphatic carbocycles. The number of Topliss-reactive ketones (excluding diaryl/α,β-unsaturated/α-hetero) is 1. The van der Waals surface area contributed by atoms with Crippen LogP contribution in [0.4, 0.5) is 0 Å². The van der Waals surface area contributed by atoms with Crippen LogP contribution in [0.5, 0.6) is 0 Å². The minimum atomic E-state index is -2.02. The van der Waals surface area contributed by atoms with Crippen molar-refractivity contribution in [1.82, 2.24) is 10.6 Å². The van der Waals surface area contributed by atoms with Crippen molar-refractivity contribution in [3.63, 3.8) is 0 Å². The number of aliphatic carboxylic acids is 3. The van der Waals surface area contributed by atoms with E-state index in [1.165, 1.54) is 32.1 Å². The number of nitrogens with one attached hydrogen (secondary N) is 2. The van der Waals surface area contributed by atoms with Crippen LogP contribution in [0.25, 0.3) is 0 Å². The molecular formula is C31H55N3O11. The molecule has 0 spiro atoms. The number of aldehydes is 1. The van der Waals surface area contributed by atoms with Gasteiger partial charge < -0.3 is 35.8 Å². The lowest BCUT2D eigenvalue weighted by Crippen LogP contribution is -2.53. The van der Waals surface area contributed by atoms with Gasteiger partial charge in [-0.15, -0.1) is 0 Å². The van der Waals surface area contributed by atoms with Gasteiger partial charge in [0.1, 0.15) is 0 Å². The van der Waals surface area contributed by atoms with Gasteiger partial charge in [-0.1, -0.05) is 70.6 Å². The highest BCUT2D eigenvalue weighted by Crippen LogP contribution is 2.13. The number of hydrogen-bond acceptors (Lipinski definition) is 10. The summed E-state index contributed by atoms with van der Waals surface area (Å²) in [5.74, 6) is -4.88. The minimum absolute atomic E-state index is 0.0401. The van der Waals surface area contributed by atoms with Gasteiger partial charge in [0.05, 0.1) is 25.9 Å². The van der Waals surface area contributed by atoms with E-state index in [4.69, 9.17) is 30.5 Å². The van der Waals surface area contributed by atoms with Crippen molar-refractivity contribution in [2.24, 2.45) is 5.73 Å². The highest BCUT2D eigenvalue weighted by atomic mass is 16.5. The van der Waals surface area contributed by atoms with E-state index < -0.39 is 41.9 Å². The smallest absolute Gasteiger partial charge is 0.332 e.